The zero-order valence-corrected chi connectivity index (χ0v) is 11.0. The smallest absolute Gasteiger partial charge is 0.358 e. The summed E-state index contributed by atoms with van der Waals surface area (Å²) in [6.45, 7) is 1.89. The lowest BCUT2D eigenvalue weighted by Crippen LogP contribution is -2.03. The van der Waals surface area contributed by atoms with E-state index in [1.54, 1.807) is 18.3 Å². The quantitative estimate of drug-likeness (QED) is 0.943. The van der Waals surface area contributed by atoms with Crippen molar-refractivity contribution < 1.29 is 14.6 Å². The van der Waals surface area contributed by atoms with Crippen molar-refractivity contribution in [2.45, 2.75) is 6.92 Å². The number of hydrogen-bond donors (Lipinski definition) is 1. The Morgan fingerprint density at radius 1 is 1.44 bits per heavy atom. The summed E-state index contributed by atoms with van der Waals surface area (Å²) >= 11 is 3.33. The van der Waals surface area contributed by atoms with Gasteiger partial charge in [-0.3, -0.25) is 0 Å². The van der Waals surface area contributed by atoms with E-state index in [4.69, 9.17) is 9.84 Å². The third kappa shape index (κ3) is 2.65. The topological polar surface area (TPSA) is 72.3 Å². The van der Waals surface area contributed by atoms with Gasteiger partial charge in [-0.15, -0.1) is 0 Å². The zero-order chi connectivity index (χ0) is 13.1. The molecule has 0 aliphatic rings. The van der Waals surface area contributed by atoms with Crippen molar-refractivity contribution in [3.63, 3.8) is 0 Å². The molecule has 0 radical (unpaired) electrons. The highest BCUT2D eigenvalue weighted by atomic mass is 79.9. The zero-order valence-electron chi connectivity index (χ0n) is 9.42. The molecular formula is C12H9BrN2O3. The second-order valence-corrected chi connectivity index (χ2v) is 4.38. The maximum atomic E-state index is 11.0. The van der Waals surface area contributed by atoms with E-state index in [1.165, 1.54) is 12.3 Å². The van der Waals surface area contributed by atoms with Gasteiger partial charge in [-0.1, -0.05) is 0 Å². The number of ether oxygens (including phenoxy) is 1. The number of aromatic nitrogens is 2. The van der Waals surface area contributed by atoms with Crippen molar-refractivity contribution in [3.05, 3.63) is 46.3 Å². The number of carbonyl (C=O) groups is 1. The highest BCUT2D eigenvalue weighted by Crippen LogP contribution is 2.25. The summed E-state index contributed by atoms with van der Waals surface area (Å²) in [5.74, 6) is -0.648. The summed E-state index contributed by atoms with van der Waals surface area (Å²) in [5, 5.41) is 8.97. The Morgan fingerprint density at radius 3 is 2.89 bits per heavy atom. The van der Waals surface area contributed by atoms with Crippen LogP contribution < -0.4 is 4.74 Å². The normalized spacial score (nSPS) is 10.1. The molecule has 2 heterocycles. The fourth-order valence-electron chi connectivity index (χ4n) is 1.32. The van der Waals surface area contributed by atoms with Crippen LogP contribution in [0.15, 0.2) is 35.1 Å². The number of carboxylic acid groups (broad SMARTS) is 1. The first kappa shape index (κ1) is 12.5. The van der Waals surface area contributed by atoms with E-state index in [1.807, 2.05) is 6.92 Å². The van der Waals surface area contributed by atoms with Gasteiger partial charge >= 0.3 is 5.97 Å². The molecule has 5 nitrogen and oxygen atoms in total. The van der Waals surface area contributed by atoms with Crippen LogP contribution in [0.1, 0.15) is 16.1 Å². The van der Waals surface area contributed by atoms with Crippen molar-refractivity contribution in [1.29, 1.82) is 0 Å². The van der Waals surface area contributed by atoms with Gasteiger partial charge in [0.2, 0.25) is 5.88 Å². The van der Waals surface area contributed by atoms with Gasteiger partial charge in [-0.25, -0.2) is 14.8 Å². The Kier molecular flexibility index (Phi) is 3.57. The third-order valence-electron chi connectivity index (χ3n) is 2.21. The second-order valence-electron chi connectivity index (χ2n) is 3.53. The minimum atomic E-state index is -1.14. The van der Waals surface area contributed by atoms with Gasteiger partial charge < -0.3 is 9.84 Å². The van der Waals surface area contributed by atoms with Gasteiger partial charge in [0.05, 0.1) is 0 Å². The third-order valence-corrected chi connectivity index (χ3v) is 3.04. The Balaban J connectivity index is 2.34. The fourth-order valence-corrected chi connectivity index (χ4v) is 1.53. The van der Waals surface area contributed by atoms with Crippen molar-refractivity contribution in [2.75, 3.05) is 0 Å². The molecule has 0 aliphatic carbocycles. The number of halogens is 1. The molecule has 0 saturated heterocycles. The molecule has 92 valence electrons. The van der Waals surface area contributed by atoms with E-state index in [2.05, 4.69) is 25.9 Å². The molecule has 0 bridgehead atoms. The monoisotopic (exact) mass is 308 g/mol. The first-order chi connectivity index (χ1) is 8.58. The van der Waals surface area contributed by atoms with Crippen LogP contribution in [-0.2, 0) is 0 Å². The van der Waals surface area contributed by atoms with E-state index in [0.717, 1.165) is 10.0 Å². The molecular weight excluding hydrogens is 300 g/mol. The first-order valence-electron chi connectivity index (χ1n) is 5.06. The molecule has 1 N–H and O–H groups in total. The van der Waals surface area contributed by atoms with Crippen molar-refractivity contribution in [1.82, 2.24) is 9.97 Å². The van der Waals surface area contributed by atoms with Gasteiger partial charge in [0.1, 0.15) is 0 Å². The minimum Gasteiger partial charge on any atom is -0.476 e. The van der Waals surface area contributed by atoms with E-state index >= 15 is 0 Å². The van der Waals surface area contributed by atoms with Gasteiger partial charge in [0.25, 0.3) is 0 Å². The molecule has 2 aromatic rings. The van der Waals surface area contributed by atoms with Crippen LogP contribution in [0.2, 0.25) is 0 Å². The van der Waals surface area contributed by atoms with E-state index in [9.17, 15) is 4.79 Å². The van der Waals surface area contributed by atoms with Crippen LogP contribution in [0.5, 0.6) is 11.6 Å². The maximum Gasteiger partial charge on any atom is 0.358 e. The van der Waals surface area contributed by atoms with Gasteiger partial charge in [0, 0.05) is 22.9 Å². The van der Waals surface area contributed by atoms with Gasteiger partial charge in [-0.2, -0.15) is 0 Å². The SMILES string of the molecule is Cc1cc(Oc2cccnc2C(=O)O)ncc1Br. The molecule has 0 saturated carbocycles. The van der Waals surface area contributed by atoms with E-state index < -0.39 is 5.97 Å². The summed E-state index contributed by atoms with van der Waals surface area (Å²) < 4.78 is 6.29. The number of aryl methyl sites for hydroxylation is 1. The molecule has 0 spiro atoms. The van der Waals surface area contributed by atoms with E-state index in [-0.39, 0.29) is 11.4 Å². The van der Waals surface area contributed by atoms with Crippen LogP contribution in [0, 0.1) is 6.92 Å². The first-order valence-corrected chi connectivity index (χ1v) is 5.85. The molecule has 0 aliphatic heterocycles. The summed E-state index contributed by atoms with van der Waals surface area (Å²) in [6, 6.07) is 4.85. The number of rotatable bonds is 3. The lowest BCUT2D eigenvalue weighted by Gasteiger charge is -2.07. The Bertz CT molecular complexity index is 602. The molecule has 2 aromatic heterocycles. The largest absolute Gasteiger partial charge is 0.476 e. The lowest BCUT2D eigenvalue weighted by molar-refractivity contribution is 0.0687. The fraction of sp³-hybridized carbons (Fsp3) is 0.0833. The number of aromatic carboxylic acids is 1. The van der Waals surface area contributed by atoms with Gasteiger partial charge in [0.15, 0.2) is 11.4 Å². The Labute approximate surface area is 112 Å². The summed E-state index contributed by atoms with van der Waals surface area (Å²) in [4.78, 5) is 18.8. The van der Waals surface area contributed by atoms with Crippen LogP contribution in [0.3, 0.4) is 0 Å². The second kappa shape index (κ2) is 5.14. The molecule has 0 unspecified atom stereocenters. The molecule has 6 heteroatoms. The van der Waals surface area contributed by atoms with E-state index in [0.29, 0.717) is 5.88 Å². The van der Waals surface area contributed by atoms with Crippen LogP contribution in [0.4, 0.5) is 0 Å². The predicted octanol–water partition coefficient (Wildman–Crippen LogP) is 3.04. The molecule has 2 rings (SSSR count). The average Bonchev–Trinajstić information content (AvgIpc) is 2.34. The Morgan fingerprint density at radius 2 is 2.22 bits per heavy atom. The molecule has 0 aromatic carbocycles. The number of carboxylic acids is 1. The highest BCUT2D eigenvalue weighted by molar-refractivity contribution is 9.10. The maximum absolute atomic E-state index is 11.0. The summed E-state index contributed by atoms with van der Waals surface area (Å²) in [7, 11) is 0. The van der Waals surface area contributed by atoms with Crippen LogP contribution in [0.25, 0.3) is 0 Å². The number of nitrogens with zero attached hydrogens (tertiary/aromatic N) is 2. The summed E-state index contributed by atoms with van der Waals surface area (Å²) in [5.41, 5.74) is 0.806. The van der Waals surface area contributed by atoms with Crippen molar-refractivity contribution in [3.8, 4) is 11.6 Å². The van der Waals surface area contributed by atoms with Crippen LogP contribution in [-0.4, -0.2) is 21.0 Å². The molecule has 0 fully saturated rings. The predicted molar refractivity (Wildman–Crippen MR) is 67.9 cm³/mol. The van der Waals surface area contributed by atoms with Gasteiger partial charge in [-0.05, 0) is 40.5 Å². The highest BCUT2D eigenvalue weighted by Gasteiger charge is 2.13. The number of pyridine rings is 2. The standard InChI is InChI=1S/C12H9BrN2O3/c1-7-5-10(15-6-8(7)13)18-9-3-2-4-14-11(9)12(16)17/h2-6H,1H3,(H,16,17). The molecule has 0 atom stereocenters. The Hall–Kier alpha value is -1.95. The van der Waals surface area contributed by atoms with Crippen molar-refractivity contribution in [2.24, 2.45) is 0 Å². The molecule has 18 heavy (non-hydrogen) atoms. The summed E-state index contributed by atoms with van der Waals surface area (Å²) in [6.07, 6.45) is 3.00. The minimum absolute atomic E-state index is 0.139. The molecule has 0 amide bonds. The lowest BCUT2D eigenvalue weighted by atomic mass is 10.3. The van der Waals surface area contributed by atoms with Crippen LogP contribution >= 0.6 is 15.9 Å². The number of hydrogen-bond acceptors (Lipinski definition) is 4. The van der Waals surface area contributed by atoms with Crippen molar-refractivity contribution >= 4 is 21.9 Å². The average molecular weight is 309 g/mol.